The Hall–Kier alpha value is 0.01000. The van der Waals surface area contributed by atoms with Gasteiger partial charge in [0.2, 0.25) is 0 Å². The summed E-state index contributed by atoms with van der Waals surface area (Å²) in [4.78, 5) is 2.48. The minimum Gasteiger partial charge on any atom is -0.319 e. The van der Waals surface area contributed by atoms with Crippen LogP contribution in [0.5, 0.6) is 0 Å². The lowest BCUT2D eigenvalue weighted by Gasteiger charge is -2.31. The van der Waals surface area contributed by atoms with Crippen molar-refractivity contribution in [3.8, 4) is 0 Å². The highest BCUT2D eigenvalue weighted by Gasteiger charge is 2.18. The Bertz CT molecular complexity index is 370. The van der Waals surface area contributed by atoms with E-state index in [1.54, 1.807) is 6.07 Å². The number of rotatable bonds is 4. The molecular weight excluding hydrogens is 303 g/mol. The Labute approximate surface area is 131 Å². The number of nitrogens with one attached hydrogen (secondary N) is 1. The predicted octanol–water partition coefficient (Wildman–Crippen LogP) is 3.85. The van der Waals surface area contributed by atoms with Gasteiger partial charge >= 0.3 is 0 Å². The molecular formula is C14H21Cl3N2. The molecule has 0 bridgehead atoms. The number of hydrogen-bond donors (Lipinski definition) is 1. The first kappa shape index (κ1) is 17.1. The lowest BCUT2D eigenvalue weighted by atomic mass is 9.96. The average Bonchev–Trinajstić information content (AvgIpc) is 2.31. The molecule has 1 aliphatic heterocycles. The molecule has 1 N–H and O–H groups in total. The Balaban J connectivity index is 0.00000180. The molecule has 108 valence electrons. The summed E-state index contributed by atoms with van der Waals surface area (Å²) in [5.74, 6) is 0.828. The van der Waals surface area contributed by atoms with E-state index in [4.69, 9.17) is 23.2 Å². The van der Waals surface area contributed by atoms with Crippen molar-refractivity contribution in [1.29, 1.82) is 0 Å². The quantitative estimate of drug-likeness (QED) is 0.905. The molecule has 0 spiro atoms. The first-order chi connectivity index (χ1) is 8.67. The van der Waals surface area contributed by atoms with Crippen molar-refractivity contribution in [3.63, 3.8) is 0 Å². The van der Waals surface area contributed by atoms with E-state index >= 15 is 0 Å². The molecule has 0 unspecified atom stereocenters. The van der Waals surface area contributed by atoms with Crippen molar-refractivity contribution in [1.82, 2.24) is 10.2 Å². The van der Waals surface area contributed by atoms with Crippen LogP contribution >= 0.6 is 35.6 Å². The van der Waals surface area contributed by atoms with E-state index in [1.807, 2.05) is 19.2 Å². The van der Waals surface area contributed by atoms with Gasteiger partial charge < -0.3 is 5.32 Å². The summed E-state index contributed by atoms with van der Waals surface area (Å²) in [6.45, 7) is 4.41. The van der Waals surface area contributed by atoms with Crippen LogP contribution in [-0.2, 0) is 6.54 Å². The van der Waals surface area contributed by atoms with Gasteiger partial charge in [-0.05, 0) is 69.2 Å². The minimum absolute atomic E-state index is 0. The van der Waals surface area contributed by atoms with Crippen LogP contribution in [0.2, 0.25) is 10.0 Å². The smallest absolute Gasteiger partial charge is 0.0424 e. The standard InChI is InChI=1S/C14H20Cl2N2.ClH/c1-17-9-11-2-4-18(5-3-11)10-12-6-13(15)8-14(16)7-12;/h6-8,11,17H,2-5,9-10H2,1H3;1H. The van der Waals surface area contributed by atoms with Crippen molar-refractivity contribution in [2.75, 3.05) is 26.7 Å². The van der Waals surface area contributed by atoms with Crippen LogP contribution in [-0.4, -0.2) is 31.6 Å². The molecule has 0 amide bonds. The molecule has 1 fully saturated rings. The lowest BCUT2D eigenvalue weighted by molar-refractivity contribution is 0.177. The Morgan fingerprint density at radius 3 is 2.26 bits per heavy atom. The van der Waals surface area contributed by atoms with Crippen LogP contribution in [0.4, 0.5) is 0 Å². The summed E-state index contributed by atoms with van der Waals surface area (Å²) in [7, 11) is 2.03. The Morgan fingerprint density at radius 2 is 1.74 bits per heavy atom. The first-order valence-corrected chi connectivity index (χ1v) is 7.25. The minimum atomic E-state index is 0. The molecule has 0 aromatic heterocycles. The third kappa shape index (κ3) is 5.49. The number of halogens is 3. The van der Waals surface area contributed by atoms with Crippen LogP contribution < -0.4 is 5.32 Å². The van der Waals surface area contributed by atoms with Gasteiger partial charge in [-0.2, -0.15) is 0 Å². The topological polar surface area (TPSA) is 15.3 Å². The normalized spacial score (nSPS) is 17.2. The summed E-state index contributed by atoms with van der Waals surface area (Å²) >= 11 is 12.0. The maximum absolute atomic E-state index is 6.02. The van der Waals surface area contributed by atoms with Gasteiger partial charge in [0.15, 0.2) is 0 Å². The fourth-order valence-electron chi connectivity index (χ4n) is 2.60. The van der Waals surface area contributed by atoms with E-state index in [0.29, 0.717) is 0 Å². The number of benzene rings is 1. The lowest BCUT2D eigenvalue weighted by Crippen LogP contribution is -2.36. The summed E-state index contributed by atoms with van der Waals surface area (Å²) < 4.78 is 0. The highest BCUT2D eigenvalue weighted by Crippen LogP contribution is 2.22. The van der Waals surface area contributed by atoms with Crippen molar-refractivity contribution < 1.29 is 0 Å². The molecule has 1 aliphatic rings. The van der Waals surface area contributed by atoms with E-state index in [0.717, 1.165) is 42.1 Å². The first-order valence-electron chi connectivity index (χ1n) is 6.49. The summed E-state index contributed by atoms with van der Waals surface area (Å²) in [5.41, 5.74) is 1.21. The second-order valence-electron chi connectivity index (χ2n) is 5.05. The van der Waals surface area contributed by atoms with Crippen LogP contribution in [0.25, 0.3) is 0 Å². The van der Waals surface area contributed by atoms with E-state index < -0.39 is 0 Å². The molecule has 0 radical (unpaired) electrons. The van der Waals surface area contributed by atoms with Crippen LogP contribution in [0.1, 0.15) is 18.4 Å². The molecule has 1 aromatic rings. The molecule has 1 aromatic carbocycles. The van der Waals surface area contributed by atoms with Gasteiger partial charge in [0.25, 0.3) is 0 Å². The monoisotopic (exact) mass is 322 g/mol. The fourth-order valence-corrected chi connectivity index (χ4v) is 3.17. The van der Waals surface area contributed by atoms with Crippen LogP contribution in [0.15, 0.2) is 18.2 Å². The largest absolute Gasteiger partial charge is 0.319 e. The second-order valence-corrected chi connectivity index (χ2v) is 5.93. The van der Waals surface area contributed by atoms with Gasteiger partial charge in [0, 0.05) is 16.6 Å². The zero-order valence-corrected chi connectivity index (χ0v) is 13.5. The molecule has 1 saturated heterocycles. The highest BCUT2D eigenvalue weighted by atomic mass is 35.5. The molecule has 0 saturated carbocycles. The molecule has 5 heteroatoms. The Kier molecular flexibility index (Phi) is 7.48. The SMILES string of the molecule is CNCC1CCN(Cc2cc(Cl)cc(Cl)c2)CC1.Cl. The molecule has 2 nitrogen and oxygen atoms in total. The van der Waals surface area contributed by atoms with Gasteiger partial charge in [0.05, 0.1) is 0 Å². The van der Waals surface area contributed by atoms with Gasteiger partial charge in [-0.3, -0.25) is 4.90 Å². The zero-order valence-electron chi connectivity index (χ0n) is 11.2. The predicted molar refractivity (Wildman–Crippen MR) is 85.6 cm³/mol. The average molecular weight is 324 g/mol. The van der Waals surface area contributed by atoms with E-state index in [2.05, 4.69) is 10.2 Å². The summed E-state index contributed by atoms with van der Waals surface area (Å²) in [6.07, 6.45) is 2.55. The summed E-state index contributed by atoms with van der Waals surface area (Å²) in [5, 5.41) is 4.71. The number of hydrogen-bond acceptors (Lipinski definition) is 2. The van der Waals surface area contributed by atoms with E-state index in [9.17, 15) is 0 Å². The van der Waals surface area contributed by atoms with Crippen molar-refractivity contribution in [2.24, 2.45) is 5.92 Å². The van der Waals surface area contributed by atoms with E-state index in [1.165, 1.54) is 18.4 Å². The van der Waals surface area contributed by atoms with Gasteiger partial charge in [-0.15, -0.1) is 12.4 Å². The van der Waals surface area contributed by atoms with Crippen molar-refractivity contribution in [3.05, 3.63) is 33.8 Å². The maximum atomic E-state index is 6.02. The zero-order chi connectivity index (χ0) is 13.0. The van der Waals surface area contributed by atoms with Crippen LogP contribution in [0.3, 0.4) is 0 Å². The van der Waals surface area contributed by atoms with Gasteiger partial charge in [-0.25, -0.2) is 0 Å². The third-order valence-electron chi connectivity index (χ3n) is 3.53. The van der Waals surface area contributed by atoms with Crippen LogP contribution in [0, 0.1) is 5.92 Å². The fraction of sp³-hybridized carbons (Fsp3) is 0.571. The summed E-state index contributed by atoms with van der Waals surface area (Å²) in [6, 6.07) is 5.80. The van der Waals surface area contributed by atoms with Gasteiger partial charge in [-0.1, -0.05) is 23.2 Å². The number of piperidine rings is 1. The van der Waals surface area contributed by atoms with Crippen molar-refractivity contribution in [2.45, 2.75) is 19.4 Å². The highest BCUT2D eigenvalue weighted by molar-refractivity contribution is 6.34. The Morgan fingerprint density at radius 1 is 1.16 bits per heavy atom. The number of likely N-dealkylation sites (tertiary alicyclic amines) is 1. The second kappa shape index (κ2) is 8.33. The maximum Gasteiger partial charge on any atom is 0.0424 e. The molecule has 0 aliphatic carbocycles. The van der Waals surface area contributed by atoms with E-state index in [-0.39, 0.29) is 12.4 Å². The molecule has 19 heavy (non-hydrogen) atoms. The number of nitrogens with zero attached hydrogens (tertiary/aromatic N) is 1. The molecule has 1 heterocycles. The molecule has 0 atom stereocenters. The van der Waals surface area contributed by atoms with Crippen molar-refractivity contribution >= 4 is 35.6 Å². The van der Waals surface area contributed by atoms with Gasteiger partial charge in [0.1, 0.15) is 0 Å². The third-order valence-corrected chi connectivity index (χ3v) is 3.96. The molecule has 2 rings (SSSR count).